The summed E-state index contributed by atoms with van der Waals surface area (Å²) in [5.74, 6) is 0. The molecule has 2 heterocycles. The van der Waals surface area contributed by atoms with Gasteiger partial charge in [-0.3, -0.25) is 0 Å². The maximum atomic E-state index is 11.3. The number of hydrogen-bond donors (Lipinski definition) is 0. The number of hydrogen-bond acceptors (Lipinski definition) is 2. The number of aryl methyl sites for hydroxylation is 2. The van der Waals surface area contributed by atoms with Crippen molar-refractivity contribution in [3.63, 3.8) is 0 Å². The molecule has 0 saturated carbocycles. The highest BCUT2D eigenvalue weighted by Gasteiger charge is 2.39. The van der Waals surface area contributed by atoms with Gasteiger partial charge in [-0.05, 0) is 43.9 Å². The number of nitro groups is 1. The Balaban J connectivity index is 2.00. The summed E-state index contributed by atoms with van der Waals surface area (Å²) in [6.07, 6.45) is 2.97. The second-order valence-corrected chi connectivity index (χ2v) is 5.84. The fourth-order valence-electron chi connectivity index (χ4n) is 3.90. The van der Waals surface area contributed by atoms with Crippen LogP contribution < -0.4 is 0 Å². The van der Waals surface area contributed by atoms with Gasteiger partial charge in [-0.1, -0.05) is 11.6 Å². The smallest absolute Gasteiger partial charge is 0.160 e. The van der Waals surface area contributed by atoms with E-state index in [1.807, 2.05) is 0 Å². The fraction of sp³-hybridized carbons (Fsp3) is 0.467. The molecule has 4 rings (SSSR count). The van der Waals surface area contributed by atoms with E-state index in [0.717, 1.165) is 19.3 Å². The Kier molecular flexibility index (Phi) is 2.34. The Labute approximate surface area is 116 Å². The van der Waals surface area contributed by atoms with Gasteiger partial charge in [0.1, 0.15) is 6.04 Å². The number of hydrazine groups is 1. The van der Waals surface area contributed by atoms with Crippen LogP contribution in [0.4, 0.5) is 0 Å². The Bertz CT molecular complexity index is 719. The van der Waals surface area contributed by atoms with Gasteiger partial charge < -0.3 is 4.57 Å². The molecule has 0 fully saturated rings. The van der Waals surface area contributed by atoms with Gasteiger partial charge in [0.05, 0.1) is 12.2 Å². The lowest BCUT2D eigenvalue weighted by molar-refractivity contribution is -0.668. The maximum absolute atomic E-state index is 11.3. The molecular formula is C15H17N3O2. The molecule has 0 radical (unpaired) electrons. The molecule has 0 amide bonds. The van der Waals surface area contributed by atoms with Crippen molar-refractivity contribution in [1.29, 1.82) is 0 Å². The van der Waals surface area contributed by atoms with Crippen molar-refractivity contribution in [3.05, 3.63) is 45.1 Å². The molecule has 2 aromatic rings. The molecule has 104 valence electrons. The average Bonchev–Trinajstić information content (AvgIpc) is 2.75. The van der Waals surface area contributed by atoms with Crippen molar-refractivity contribution in [2.45, 2.75) is 38.8 Å². The van der Waals surface area contributed by atoms with Gasteiger partial charge in [-0.2, -0.15) is 0 Å². The largest absolute Gasteiger partial charge is 0.340 e. The number of nitrogens with zero attached hydrogens (tertiary/aromatic N) is 3. The second-order valence-electron chi connectivity index (χ2n) is 5.84. The van der Waals surface area contributed by atoms with Crippen LogP contribution in [0.1, 0.15) is 35.7 Å². The summed E-state index contributed by atoms with van der Waals surface area (Å²) in [6, 6.07) is 6.48. The van der Waals surface area contributed by atoms with E-state index >= 15 is 0 Å². The van der Waals surface area contributed by atoms with Crippen molar-refractivity contribution in [2.75, 3.05) is 6.54 Å². The molecule has 1 aromatic heterocycles. The van der Waals surface area contributed by atoms with Crippen LogP contribution in [0.5, 0.6) is 0 Å². The van der Waals surface area contributed by atoms with Crippen LogP contribution in [0.15, 0.2) is 18.2 Å². The van der Waals surface area contributed by atoms with E-state index in [-0.39, 0.29) is 11.1 Å². The minimum absolute atomic E-state index is 0.0461. The van der Waals surface area contributed by atoms with E-state index < -0.39 is 0 Å². The lowest BCUT2D eigenvalue weighted by Gasteiger charge is -2.34. The first-order valence-electron chi connectivity index (χ1n) is 7.19. The monoisotopic (exact) mass is 271 g/mol. The summed E-state index contributed by atoms with van der Waals surface area (Å²) >= 11 is 0. The van der Waals surface area contributed by atoms with Gasteiger partial charge in [-0.15, -0.1) is 5.01 Å². The van der Waals surface area contributed by atoms with Crippen LogP contribution in [0, 0.1) is 17.0 Å². The second kappa shape index (κ2) is 3.98. The van der Waals surface area contributed by atoms with Gasteiger partial charge in [0, 0.05) is 17.4 Å². The van der Waals surface area contributed by atoms with Crippen LogP contribution in [0.3, 0.4) is 0 Å². The summed E-state index contributed by atoms with van der Waals surface area (Å²) in [4.78, 5) is 11.3. The quantitative estimate of drug-likeness (QED) is 0.592. The Hall–Kier alpha value is -2.04. The molecule has 1 aliphatic carbocycles. The van der Waals surface area contributed by atoms with Gasteiger partial charge in [0.25, 0.3) is 0 Å². The Morgan fingerprint density at radius 2 is 2.20 bits per heavy atom. The zero-order chi connectivity index (χ0) is 13.9. The number of rotatable bonds is 1. The summed E-state index contributed by atoms with van der Waals surface area (Å²) in [7, 11) is 0. The molecule has 5 nitrogen and oxygen atoms in total. The van der Waals surface area contributed by atoms with Crippen molar-refractivity contribution < 1.29 is 5.03 Å². The zero-order valence-electron chi connectivity index (χ0n) is 11.5. The lowest BCUT2D eigenvalue weighted by atomic mass is 9.90. The molecule has 1 aromatic carbocycles. The third-order valence-corrected chi connectivity index (χ3v) is 4.71. The maximum Gasteiger partial charge on any atom is 0.160 e. The van der Waals surface area contributed by atoms with Gasteiger partial charge in [0.15, 0.2) is 5.03 Å². The fourth-order valence-corrected chi connectivity index (χ4v) is 3.90. The van der Waals surface area contributed by atoms with Crippen molar-refractivity contribution in [2.24, 2.45) is 0 Å². The third kappa shape index (κ3) is 1.43. The van der Waals surface area contributed by atoms with E-state index in [1.54, 1.807) is 0 Å². The molecule has 0 bridgehead atoms. The summed E-state index contributed by atoms with van der Waals surface area (Å²) in [6.45, 7) is 3.32. The van der Waals surface area contributed by atoms with Crippen LogP contribution in [0.25, 0.3) is 10.9 Å². The lowest BCUT2D eigenvalue weighted by Crippen LogP contribution is -2.43. The molecular weight excluding hydrogens is 254 g/mol. The van der Waals surface area contributed by atoms with Gasteiger partial charge in [0.2, 0.25) is 0 Å². The highest BCUT2D eigenvalue weighted by atomic mass is 16.7. The minimum Gasteiger partial charge on any atom is -0.340 e. The first-order chi connectivity index (χ1) is 9.66. The normalized spacial score (nSPS) is 21.1. The van der Waals surface area contributed by atoms with Gasteiger partial charge >= 0.3 is 0 Å². The van der Waals surface area contributed by atoms with Crippen molar-refractivity contribution >= 4 is 10.9 Å². The van der Waals surface area contributed by atoms with E-state index in [0.29, 0.717) is 13.1 Å². The molecule has 0 unspecified atom stereocenters. The minimum atomic E-state index is -0.216. The summed E-state index contributed by atoms with van der Waals surface area (Å²) < 4.78 is 2.31. The topological polar surface area (TPSA) is 51.3 Å². The molecule has 20 heavy (non-hydrogen) atoms. The molecule has 0 saturated heterocycles. The molecule has 1 aliphatic heterocycles. The van der Waals surface area contributed by atoms with E-state index in [1.165, 1.54) is 32.7 Å². The van der Waals surface area contributed by atoms with Crippen LogP contribution in [-0.2, 0) is 13.0 Å². The highest BCUT2D eigenvalue weighted by Crippen LogP contribution is 2.42. The molecule has 1 atom stereocenters. The third-order valence-electron chi connectivity index (χ3n) is 4.71. The van der Waals surface area contributed by atoms with Gasteiger partial charge in [-0.25, -0.2) is 10.1 Å². The zero-order valence-corrected chi connectivity index (χ0v) is 11.5. The van der Waals surface area contributed by atoms with E-state index in [9.17, 15) is 10.1 Å². The first-order valence-corrected chi connectivity index (χ1v) is 7.19. The molecule has 0 spiro atoms. The van der Waals surface area contributed by atoms with Crippen molar-refractivity contribution in [1.82, 2.24) is 9.58 Å². The Morgan fingerprint density at radius 1 is 1.35 bits per heavy atom. The van der Waals surface area contributed by atoms with E-state index in [4.69, 9.17) is 0 Å². The van der Waals surface area contributed by atoms with E-state index in [2.05, 4.69) is 29.7 Å². The molecule has 2 aliphatic rings. The number of benzene rings is 1. The predicted octanol–water partition coefficient (Wildman–Crippen LogP) is 2.83. The molecule has 5 heteroatoms. The Morgan fingerprint density at radius 3 is 3.00 bits per heavy atom. The average molecular weight is 271 g/mol. The van der Waals surface area contributed by atoms with Crippen LogP contribution >= 0.6 is 0 Å². The predicted molar refractivity (Wildman–Crippen MR) is 76.1 cm³/mol. The summed E-state index contributed by atoms with van der Waals surface area (Å²) in [5, 5.41) is 13.8. The standard InChI is InChI=1S/C15H17N3O2/c1-10-5-6-13-12(9-10)11-3-2-4-14-15(11)16(13)7-8-17(14)18(19)20/h5-6,9,14H,2-4,7-8H2,1H3/t14-/m1/s1. The summed E-state index contributed by atoms with van der Waals surface area (Å²) in [5.41, 5.74) is 5.03. The highest BCUT2D eigenvalue weighted by molar-refractivity contribution is 5.87. The first kappa shape index (κ1) is 11.8. The van der Waals surface area contributed by atoms with Crippen LogP contribution in [-0.4, -0.2) is 21.2 Å². The molecule has 0 N–H and O–H groups in total. The van der Waals surface area contributed by atoms with Crippen LogP contribution in [0.2, 0.25) is 0 Å². The van der Waals surface area contributed by atoms with Crippen molar-refractivity contribution in [3.8, 4) is 0 Å². The number of aromatic nitrogens is 1. The number of fused-ring (bicyclic) bond motifs is 3. The SMILES string of the molecule is Cc1ccc2c(c1)c1c3n2CCN([N+](=O)[O-])[C@@H]3CCC1.